The van der Waals surface area contributed by atoms with E-state index in [0.29, 0.717) is 16.7 Å². The fraction of sp³-hybridized carbons (Fsp3) is 0.185. The molecule has 39 heavy (non-hydrogen) atoms. The number of anilines is 1. The highest BCUT2D eigenvalue weighted by molar-refractivity contribution is 7.92. The number of hydrogen-bond acceptors (Lipinski definition) is 7. The maximum Gasteiger partial charge on any atom is 0.414 e. The first-order chi connectivity index (χ1) is 18.4. The van der Waals surface area contributed by atoms with Crippen LogP contribution >= 0.6 is 11.6 Å². The van der Waals surface area contributed by atoms with Crippen LogP contribution in [0.25, 0.3) is 11.0 Å². The van der Waals surface area contributed by atoms with Crippen LogP contribution < -0.4 is 19.8 Å². The molecule has 3 aromatic carbocycles. The molecule has 0 aliphatic heterocycles. The van der Waals surface area contributed by atoms with Crippen molar-refractivity contribution in [1.82, 2.24) is 4.90 Å². The van der Waals surface area contributed by atoms with E-state index in [1.54, 1.807) is 6.92 Å². The van der Waals surface area contributed by atoms with Gasteiger partial charge in [-0.1, -0.05) is 23.7 Å². The van der Waals surface area contributed by atoms with Crippen molar-refractivity contribution in [2.75, 3.05) is 25.9 Å². The Morgan fingerprint density at radius 1 is 1.13 bits per heavy atom. The maximum atomic E-state index is 15.5. The van der Waals surface area contributed by atoms with E-state index < -0.39 is 27.6 Å². The van der Waals surface area contributed by atoms with E-state index in [-0.39, 0.29) is 44.5 Å². The number of methoxy groups -OCH3 is 1. The van der Waals surface area contributed by atoms with E-state index in [2.05, 4.69) is 4.72 Å². The summed E-state index contributed by atoms with van der Waals surface area (Å²) in [6, 6.07) is 12.7. The Hall–Kier alpha value is -4.09. The summed E-state index contributed by atoms with van der Waals surface area (Å²) in [6.45, 7) is 1.66. The van der Waals surface area contributed by atoms with Gasteiger partial charge in [-0.2, -0.15) is 0 Å². The summed E-state index contributed by atoms with van der Waals surface area (Å²) in [5.41, 5.74) is -0.156. The summed E-state index contributed by atoms with van der Waals surface area (Å²) in [4.78, 5) is 25.9. The van der Waals surface area contributed by atoms with Gasteiger partial charge in [-0.3, -0.25) is 4.72 Å². The lowest BCUT2D eigenvalue weighted by Crippen LogP contribution is -2.25. The standard InChI is InChI=1S/C27H24ClFN2O7S/c1-15-19-13-21(28)24(38-27(33)31(2)3)14-23(19)37-26(32)20(15)12-16-6-5-7-22(25(16)29)30-39(34,35)18-10-8-17(36-4)9-11-18/h5-11,13-14,30H,12H2,1-4H3. The molecule has 9 nitrogen and oxygen atoms in total. The zero-order valence-electron chi connectivity index (χ0n) is 21.4. The molecule has 0 unspecified atom stereocenters. The number of halogens is 2. The molecule has 1 N–H and O–H groups in total. The number of sulfonamides is 1. The molecule has 0 aliphatic rings. The molecule has 0 radical (unpaired) electrons. The molecule has 204 valence electrons. The minimum absolute atomic E-state index is 0.0149. The number of hydrogen-bond donors (Lipinski definition) is 1. The van der Waals surface area contributed by atoms with Crippen LogP contribution in [-0.2, 0) is 16.4 Å². The van der Waals surface area contributed by atoms with Gasteiger partial charge in [0.1, 0.15) is 11.3 Å². The molecule has 1 aromatic heterocycles. The highest BCUT2D eigenvalue weighted by Crippen LogP contribution is 2.33. The summed E-state index contributed by atoms with van der Waals surface area (Å²) in [6.07, 6.45) is -0.840. The second-order valence-corrected chi connectivity index (χ2v) is 10.9. The van der Waals surface area contributed by atoms with Gasteiger partial charge < -0.3 is 18.8 Å². The highest BCUT2D eigenvalue weighted by Gasteiger charge is 2.21. The normalized spacial score (nSPS) is 11.3. The Bertz CT molecular complexity index is 1740. The molecule has 1 heterocycles. The summed E-state index contributed by atoms with van der Waals surface area (Å²) in [5, 5.41) is 0.581. The second kappa shape index (κ2) is 11.0. The van der Waals surface area contributed by atoms with Crippen molar-refractivity contribution in [3.8, 4) is 11.5 Å². The van der Waals surface area contributed by atoms with Gasteiger partial charge in [0.25, 0.3) is 10.0 Å². The van der Waals surface area contributed by atoms with E-state index in [1.807, 2.05) is 0 Å². The molecular formula is C27H24ClFN2O7S. The van der Waals surface area contributed by atoms with Crippen molar-refractivity contribution in [3.63, 3.8) is 0 Å². The summed E-state index contributed by atoms with van der Waals surface area (Å²) in [7, 11) is 0.368. The van der Waals surface area contributed by atoms with E-state index >= 15 is 4.39 Å². The highest BCUT2D eigenvalue weighted by atomic mass is 35.5. The number of amides is 1. The van der Waals surface area contributed by atoms with Gasteiger partial charge in [-0.15, -0.1) is 0 Å². The Morgan fingerprint density at radius 2 is 1.82 bits per heavy atom. The lowest BCUT2D eigenvalue weighted by atomic mass is 9.99. The molecule has 0 aliphatic carbocycles. The first kappa shape index (κ1) is 27.9. The maximum absolute atomic E-state index is 15.5. The smallest absolute Gasteiger partial charge is 0.414 e. The van der Waals surface area contributed by atoms with Crippen molar-refractivity contribution >= 4 is 44.4 Å². The zero-order chi connectivity index (χ0) is 28.5. The number of carbonyl (C=O) groups excluding carboxylic acids is 1. The zero-order valence-corrected chi connectivity index (χ0v) is 22.9. The van der Waals surface area contributed by atoms with Crippen molar-refractivity contribution in [3.05, 3.63) is 92.5 Å². The lowest BCUT2D eigenvalue weighted by Gasteiger charge is -2.14. The average molecular weight is 575 g/mol. The van der Waals surface area contributed by atoms with Gasteiger partial charge in [0.2, 0.25) is 0 Å². The monoisotopic (exact) mass is 574 g/mol. The number of nitrogens with one attached hydrogen (secondary N) is 1. The van der Waals surface area contributed by atoms with Crippen LogP contribution in [0, 0.1) is 12.7 Å². The summed E-state index contributed by atoms with van der Waals surface area (Å²) >= 11 is 6.30. The molecule has 0 bridgehead atoms. The third kappa shape index (κ3) is 5.84. The molecule has 0 saturated carbocycles. The van der Waals surface area contributed by atoms with Crippen molar-refractivity contribution in [2.45, 2.75) is 18.2 Å². The predicted molar refractivity (Wildman–Crippen MR) is 145 cm³/mol. The van der Waals surface area contributed by atoms with E-state index in [0.717, 1.165) is 0 Å². The minimum Gasteiger partial charge on any atom is -0.497 e. The number of benzene rings is 3. The van der Waals surface area contributed by atoms with Gasteiger partial charge in [0.05, 0.1) is 22.7 Å². The third-order valence-electron chi connectivity index (χ3n) is 5.96. The molecule has 1 amide bonds. The van der Waals surface area contributed by atoms with E-state index in [4.69, 9.17) is 25.5 Å². The Balaban J connectivity index is 1.67. The van der Waals surface area contributed by atoms with Crippen molar-refractivity contribution in [2.24, 2.45) is 0 Å². The van der Waals surface area contributed by atoms with Crippen LogP contribution in [0.15, 0.2) is 68.7 Å². The topological polar surface area (TPSA) is 115 Å². The quantitative estimate of drug-likeness (QED) is 0.296. The lowest BCUT2D eigenvalue weighted by molar-refractivity contribution is 0.172. The summed E-state index contributed by atoms with van der Waals surface area (Å²) < 4.78 is 59.0. The molecule has 4 rings (SSSR count). The first-order valence-corrected chi connectivity index (χ1v) is 13.4. The first-order valence-electron chi connectivity index (χ1n) is 11.5. The largest absolute Gasteiger partial charge is 0.497 e. The van der Waals surface area contributed by atoms with Gasteiger partial charge in [-0.25, -0.2) is 22.4 Å². The molecule has 0 spiro atoms. The van der Waals surface area contributed by atoms with Crippen LogP contribution in [0.5, 0.6) is 11.5 Å². The molecule has 12 heteroatoms. The van der Waals surface area contributed by atoms with E-state index in [1.165, 1.54) is 80.7 Å². The van der Waals surface area contributed by atoms with Crippen LogP contribution in [-0.4, -0.2) is 40.6 Å². The van der Waals surface area contributed by atoms with Gasteiger partial charge >= 0.3 is 11.7 Å². The summed E-state index contributed by atoms with van der Waals surface area (Å²) in [5.74, 6) is -0.350. The van der Waals surface area contributed by atoms with Crippen molar-refractivity contribution < 1.29 is 31.5 Å². The number of ether oxygens (including phenoxy) is 2. The number of nitrogens with zero attached hydrogens (tertiary/aromatic N) is 1. The molecule has 4 aromatic rings. The fourth-order valence-corrected chi connectivity index (χ4v) is 5.06. The minimum atomic E-state index is -4.10. The molecular weight excluding hydrogens is 551 g/mol. The van der Waals surface area contributed by atoms with Crippen LogP contribution in [0.4, 0.5) is 14.9 Å². The van der Waals surface area contributed by atoms with Gasteiger partial charge in [0, 0.05) is 37.5 Å². The van der Waals surface area contributed by atoms with Crippen LogP contribution in [0.3, 0.4) is 0 Å². The Labute approximate surface area is 228 Å². The average Bonchev–Trinajstić information content (AvgIpc) is 2.89. The number of carbonyl (C=O) groups is 1. The van der Waals surface area contributed by atoms with E-state index in [9.17, 15) is 18.0 Å². The fourth-order valence-electron chi connectivity index (χ4n) is 3.80. The Kier molecular flexibility index (Phi) is 7.84. The van der Waals surface area contributed by atoms with Crippen molar-refractivity contribution in [1.29, 1.82) is 0 Å². The molecule has 0 fully saturated rings. The van der Waals surface area contributed by atoms with Crippen LogP contribution in [0.2, 0.25) is 5.02 Å². The Morgan fingerprint density at radius 3 is 2.46 bits per heavy atom. The van der Waals surface area contributed by atoms with Gasteiger partial charge in [-0.05, 0) is 54.4 Å². The number of aryl methyl sites for hydroxylation is 1. The third-order valence-corrected chi connectivity index (χ3v) is 7.64. The predicted octanol–water partition coefficient (Wildman–Crippen LogP) is 5.35. The SMILES string of the molecule is COc1ccc(S(=O)(=O)Nc2cccc(Cc3c(C)c4cc(Cl)c(OC(=O)N(C)C)cc4oc3=O)c2F)cc1. The van der Waals surface area contributed by atoms with Crippen LogP contribution in [0.1, 0.15) is 16.7 Å². The number of rotatable bonds is 7. The molecule has 0 saturated heterocycles. The second-order valence-electron chi connectivity index (χ2n) is 8.77. The molecule has 0 atom stereocenters. The number of fused-ring (bicyclic) bond motifs is 1. The van der Waals surface area contributed by atoms with Gasteiger partial charge in [0.15, 0.2) is 11.6 Å².